The number of benzene rings is 1. The molecule has 0 aliphatic rings. The zero-order chi connectivity index (χ0) is 13.8. The van der Waals surface area contributed by atoms with Crippen LogP contribution in [-0.4, -0.2) is 22.8 Å². The van der Waals surface area contributed by atoms with Crippen LogP contribution in [0, 0.1) is 6.92 Å². The SMILES string of the molecule is Cc1ccccc1CN(C)C(=O)c1cccc(Br)n1. The number of hydrogen-bond acceptors (Lipinski definition) is 2. The van der Waals surface area contributed by atoms with Crippen LogP contribution >= 0.6 is 15.9 Å². The molecule has 19 heavy (non-hydrogen) atoms. The second kappa shape index (κ2) is 5.97. The molecular weight excluding hydrogens is 304 g/mol. The fourth-order valence-corrected chi connectivity index (χ4v) is 2.18. The van der Waals surface area contributed by atoms with Crippen molar-refractivity contribution >= 4 is 21.8 Å². The van der Waals surface area contributed by atoms with Crippen molar-refractivity contribution in [2.24, 2.45) is 0 Å². The summed E-state index contributed by atoms with van der Waals surface area (Å²) in [5, 5.41) is 0. The average Bonchev–Trinajstić information content (AvgIpc) is 2.40. The molecule has 0 spiro atoms. The summed E-state index contributed by atoms with van der Waals surface area (Å²) in [6.07, 6.45) is 0. The number of nitrogens with zero attached hydrogens (tertiary/aromatic N) is 2. The predicted molar refractivity (Wildman–Crippen MR) is 78.9 cm³/mol. The highest BCUT2D eigenvalue weighted by atomic mass is 79.9. The van der Waals surface area contributed by atoms with E-state index in [0.717, 1.165) is 5.56 Å². The molecule has 98 valence electrons. The van der Waals surface area contributed by atoms with Gasteiger partial charge in [-0.2, -0.15) is 0 Å². The van der Waals surface area contributed by atoms with Crippen molar-refractivity contribution in [3.63, 3.8) is 0 Å². The van der Waals surface area contributed by atoms with Gasteiger partial charge in [-0.05, 0) is 46.1 Å². The standard InChI is InChI=1S/C15H15BrN2O/c1-11-6-3-4-7-12(11)10-18(2)15(19)13-8-5-9-14(16)17-13/h3-9H,10H2,1-2H3. The number of amides is 1. The van der Waals surface area contributed by atoms with Crippen molar-refractivity contribution in [3.05, 3.63) is 63.9 Å². The van der Waals surface area contributed by atoms with Crippen LogP contribution in [0.2, 0.25) is 0 Å². The van der Waals surface area contributed by atoms with E-state index in [-0.39, 0.29) is 5.91 Å². The van der Waals surface area contributed by atoms with E-state index in [1.807, 2.05) is 37.3 Å². The van der Waals surface area contributed by atoms with Crippen molar-refractivity contribution < 1.29 is 4.79 Å². The lowest BCUT2D eigenvalue weighted by Crippen LogP contribution is -2.27. The molecule has 2 rings (SSSR count). The van der Waals surface area contributed by atoms with E-state index in [9.17, 15) is 4.79 Å². The van der Waals surface area contributed by atoms with Crippen molar-refractivity contribution in [3.8, 4) is 0 Å². The van der Waals surface area contributed by atoms with Crippen LogP contribution in [0.1, 0.15) is 21.6 Å². The highest BCUT2D eigenvalue weighted by Gasteiger charge is 2.14. The Hall–Kier alpha value is -1.68. The molecule has 1 aromatic heterocycles. The number of pyridine rings is 1. The Morgan fingerprint density at radius 1 is 1.21 bits per heavy atom. The summed E-state index contributed by atoms with van der Waals surface area (Å²) in [6, 6.07) is 13.4. The Morgan fingerprint density at radius 2 is 1.95 bits per heavy atom. The maximum absolute atomic E-state index is 12.3. The summed E-state index contributed by atoms with van der Waals surface area (Å²) in [5.74, 6) is -0.0791. The third-order valence-corrected chi connectivity index (χ3v) is 3.39. The monoisotopic (exact) mass is 318 g/mol. The fourth-order valence-electron chi connectivity index (χ4n) is 1.84. The number of rotatable bonds is 3. The minimum Gasteiger partial charge on any atom is -0.336 e. The molecule has 0 aliphatic carbocycles. The smallest absolute Gasteiger partial charge is 0.272 e. The zero-order valence-electron chi connectivity index (χ0n) is 10.9. The second-order valence-corrected chi connectivity index (χ2v) is 5.25. The average molecular weight is 319 g/mol. The summed E-state index contributed by atoms with van der Waals surface area (Å²) in [7, 11) is 1.79. The topological polar surface area (TPSA) is 33.2 Å². The molecule has 3 nitrogen and oxygen atoms in total. The molecule has 0 N–H and O–H groups in total. The molecular formula is C15H15BrN2O. The molecule has 2 aromatic rings. The summed E-state index contributed by atoms with van der Waals surface area (Å²) < 4.78 is 0.669. The summed E-state index contributed by atoms with van der Waals surface area (Å²) >= 11 is 3.28. The first-order chi connectivity index (χ1) is 9.08. The lowest BCUT2D eigenvalue weighted by atomic mass is 10.1. The highest BCUT2D eigenvalue weighted by molar-refractivity contribution is 9.10. The summed E-state index contributed by atoms with van der Waals surface area (Å²) in [5.41, 5.74) is 2.78. The van der Waals surface area contributed by atoms with Gasteiger partial charge < -0.3 is 4.90 Å². The van der Waals surface area contributed by atoms with Gasteiger partial charge in [-0.1, -0.05) is 30.3 Å². The van der Waals surface area contributed by atoms with Crippen molar-refractivity contribution in [1.82, 2.24) is 9.88 Å². The first kappa shape index (κ1) is 13.7. The van der Waals surface area contributed by atoms with E-state index >= 15 is 0 Å². The highest BCUT2D eigenvalue weighted by Crippen LogP contribution is 2.12. The van der Waals surface area contributed by atoms with Crippen molar-refractivity contribution in [2.75, 3.05) is 7.05 Å². The molecule has 0 saturated carbocycles. The molecule has 1 heterocycles. The molecule has 0 aliphatic heterocycles. The Balaban J connectivity index is 2.14. The molecule has 0 bridgehead atoms. The first-order valence-corrected chi connectivity index (χ1v) is 6.80. The lowest BCUT2D eigenvalue weighted by Gasteiger charge is -2.18. The van der Waals surface area contributed by atoms with Gasteiger partial charge in [0.2, 0.25) is 0 Å². The van der Waals surface area contributed by atoms with Crippen LogP contribution in [0.15, 0.2) is 47.1 Å². The maximum atomic E-state index is 12.3. The number of aryl methyl sites for hydroxylation is 1. The summed E-state index contributed by atoms with van der Waals surface area (Å²) in [4.78, 5) is 18.1. The molecule has 0 radical (unpaired) electrons. The van der Waals surface area contributed by atoms with E-state index in [1.165, 1.54) is 5.56 Å². The van der Waals surface area contributed by atoms with Gasteiger partial charge in [0.25, 0.3) is 5.91 Å². The molecule has 1 amide bonds. The van der Waals surface area contributed by atoms with Crippen LogP contribution in [0.25, 0.3) is 0 Å². The number of carbonyl (C=O) groups is 1. The maximum Gasteiger partial charge on any atom is 0.272 e. The predicted octanol–water partition coefficient (Wildman–Crippen LogP) is 3.42. The van der Waals surface area contributed by atoms with Gasteiger partial charge >= 0.3 is 0 Å². The van der Waals surface area contributed by atoms with E-state index in [0.29, 0.717) is 16.8 Å². The number of halogens is 1. The van der Waals surface area contributed by atoms with Crippen LogP contribution in [0.3, 0.4) is 0 Å². The van der Waals surface area contributed by atoms with E-state index in [2.05, 4.69) is 20.9 Å². The van der Waals surface area contributed by atoms with E-state index < -0.39 is 0 Å². The van der Waals surface area contributed by atoms with Crippen LogP contribution in [0.5, 0.6) is 0 Å². The normalized spacial score (nSPS) is 10.3. The minimum atomic E-state index is -0.0791. The molecule has 1 aromatic carbocycles. The quantitative estimate of drug-likeness (QED) is 0.812. The van der Waals surface area contributed by atoms with Crippen LogP contribution < -0.4 is 0 Å². The summed E-state index contributed by atoms with van der Waals surface area (Å²) in [6.45, 7) is 2.63. The third kappa shape index (κ3) is 3.41. The van der Waals surface area contributed by atoms with Gasteiger partial charge in [0.1, 0.15) is 10.3 Å². The second-order valence-electron chi connectivity index (χ2n) is 4.43. The Kier molecular flexibility index (Phi) is 4.32. The van der Waals surface area contributed by atoms with E-state index in [1.54, 1.807) is 24.1 Å². The molecule has 0 unspecified atom stereocenters. The minimum absolute atomic E-state index is 0.0791. The molecule has 0 saturated heterocycles. The van der Waals surface area contributed by atoms with Crippen molar-refractivity contribution in [2.45, 2.75) is 13.5 Å². The Morgan fingerprint density at radius 3 is 2.63 bits per heavy atom. The van der Waals surface area contributed by atoms with Crippen LogP contribution in [-0.2, 0) is 6.54 Å². The fraction of sp³-hybridized carbons (Fsp3) is 0.200. The number of carbonyl (C=O) groups excluding carboxylic acids is 1. The largest absolute Gasteiger partial charge is 0.336 e. The van der Waals surface area contributed by atoms with Crippen molar-refractivity contribution in [1.29, 1.82) is 0 Å². The first-order valence-electron chi connectivity index (χ1n) is 6.00. The van der Waals surface area contributed by atoms with Gasteiger partial charge in [0.15, 0.2) is 0 Å². The van der Waals surface area contributed by atoms with Crippen LogP contribution in [0.4, 0.5) is 0 Å². The van der Waals surface area contributed by atoms with Gasteiger partial charge in [-0.15, -0.1) is 0 Å². The lowest BCUT2D eigenvalue weighted by molar-refractivity contribution is 0.0779. The molecule has 4 heteroatoms. The third-order valence-electron chi connectivity index (χ3n) is 2.95. The molecule has 0 fully saturated rings. The van der Waals surface area contributed by atoms with E-state index in [4.69, 9.17) is 0 Å². The van der Waals surface area contributed by atoms with Gasteiger partial charge in [0, 0.05) is 13.6 Å². The van der Waals surface area contributed by atoms with Gasteiger partial charge in [0.05, 0.1) is 0 Å². The zero-order valence-corrected chi connectivity index (χ0v) is 12.5. The number of aromatic nitrogens is 1. The Bertz CT molecular complexity index is 598. The molecule has 0 atom stereocenters. The Labute approximate surface area is 121 Å². The number of hydrogen-bond donors (Lipinski definition) is 0. The van der Waals surface area contributed by atoms with Gasteiger partial charge in [-0.3, -0.25) is 4.79 Å². The van der Waals surface area contributed by atoms with Gasteiger partial charge in [-0.25, -0.2) is 4.98 Å².